The Hall–Kier alpha value is -4.83. The van der Waals surface area contributed by atoms with Crippen molar-refractivity contribution >= 4 is 23.4 Å². The maximum Gasteiger partial charge on any atom is 0.338 e. The first-order valence-electron chi connectivity index (χ1n) is 14.2. The van der Waals surface area contributed by atoms with Gasteiger partial charge in [-0.1, -0.05) is 47.7 Å². The zero-order chi connectivity index (χ0) is 31.2. The zero-order valence-electron chi connectivity index (χ0n) is 25.3. The zero-order valence-corrected chi connectivity index (χ0v) is 26.1. The lowest BCUT2D eigenvalue weighted by atomic mass is 9.95. The van der Waals surface area contributed by atoms with E-state index in [2.05, 4.69) is 4.99 Å². The van der Waals surface area contributed by atoms with Crippen molar-refractivity contribution in [2.45, 2.75) is 33.4 Å². The molecular weight excluding hydrogens is 580 g/mol. The van der Waals surface area contributed by atoms with Gasteiger partial charge in [-0.05, 0) is 62.2 Å². The van der Waals surface area contributed by atoms with Gasteiger partial charge in [0.1, 0.15) is 24.1 Å². The molecule has 5 rings (SSSR count). The third-order valence-corrected chi connectivity index (χ3v) is 8.04. The Kier molecular flexibility index (Phi) is 9.50. The van der Waals surface area contributed by atoms with Crippen LogP contribution in [-0.2, 0) is 16.1 Å². The molecule has 0 amide bonds. The van der Waals surface area contributed by atoms with E-state index in [1.807, 2.05) is 55.5 Å². The molecule has 0 fully saturated rings. The van der Waals surface area contributed by atoms with Gasteiger partial charge in [0.05, 0.1) is 43.2 Å². The van der Waals surface area contributed by atoms with Crippen molar-refractivity contribution in [3.63, 3.8) is 0 Å². The van der Waals surface area contributed by atoms with Crippen molar-refractivity contribution in [2.24, 2.45) is 4.99 Å². The average Bonchev–Trinajstić information content (AvgIpc) is 3.34. The fourth-order valence-corrected chi connectivity index (χ4v) is 6.07. The van der Waals surface area contributed by atoms with Gasteiger partial charge in [0.25, 0.3) is 5.56 Å². The first kappa shape index (κ1) is 30.6. The number of carbonyl (C=O) groups is 1. The topological polar surface area (TPSA) is 97.6 Å². The van der Waals surface area contributed by atoms with Gasteiger partial charge in [0, 0.05) is 11.6 Å². The summed E-state index contributed by atoms with van der Waals surface area (Å²) in [7, 11) is 3.09. The van der Waals surface area contributed by atoms with Gasteiger partial charge in [-0.3, -0.25) is 9.36 Å². The number of rotatable bonds is 11. The molecule has 0 saturated carbocycles. The molecule has 2 heterocycles. The molecule has 1 aromatic heterocycles. The highest BCUT2D eigenvalue weighted by molar-refractivity contribution is 7.07. The third-order valence-electron chi connectivity index (χ3n) is 7.05. The van der Waals surface area contributed by atoms with Crippen molar-refractivity contribution in [1.29, 1.82) is 0 Å². The van der Waals surface area contributed by atoms with Crippen LogP contribution in [0.4, 0.5) is 0 Å². The predicted molar refractivity (Wildman–Crippen MR) is 168 cm³/mol. The van der Waals surface area contributed by atoms with Crippen molar-refractivity contribution in [3.05, 3.63) is 114 Å². The number of fused-ring (bicyclic) bond motifs is 1. The van der Waals surface area contributed by atoms with E-state index in [0.717, 1.165) is 11.1 Å². The highest BCUT2D eigenvalue weighted by atomic mass is 32.1. The minimum absolute atomic E-state index is 0.180. The summed E-state index contributed by atoms with van der Waals surface area (Å²) in [6.07, 6.45) is 1.79. The summed E-state index contributed by atoms with van der Waals surface area (Å²) >= 11 is 1.24. The van der Waals surface area contributed by atoms with Crippen LogP contribution in [0.25, 0.3) is 6.08 Å². The Bertz CT molecular complexity index is 1880. The van der Waals surface area contributed by atoms with E-state index in [-0.39, 0.29) is 17.7 Å². The first-order chi connectivity index (χ1) is 21.4. The highest BCUT2D eigenvalue weighted by Crippen LogP contribution is 2.37. The number of methoxy groups -OCH3 is 2. The van der Waals surface area contributed by atoms with Gasteiger partial charge in [-0.25, -0.2) is 9.79 Å². The molecule has 0 spiro atoms. The number of allylic oxidation sites excluding steroid dienone is 1. The van der Waals surface area contributed by atoms with E-state index in [0.29, 0.717) is 56.8 Å². The molecule has 0 aliphatic carbocycles. The average molecular weight is 615 g/mol. The van der Waals surface area contributed by atoms with Gasteiger partial charge in [-0.2, -0.15) is 0 Å². The van der Waals surface area contributed by atoms with E-state index in [4.69, 9.17) is 23.7 Å². The Balaban J connectivity index is 1.60. The quantitative estimate of drug-likeness (QED) is 0.224. The second-order valence-corrected chi connectivity index (χ2v) is 10.8. The molecule has 0 radical (unpaired) electrons. The number of thiazole rings is 1. The summed E-state index contributed by atoms with van der Waals surface area (Å²) in [6.45, 7) is 6.42. The molecule has 44 heavy (non-hydrogen) atoms. The number of benzene rings is 3. The predicted octanol–water partition coefficient (Wildman–Crippen LogP) is 4.79. The lowest BCUT2D eigenvalue weighted by Crippen LogP contribution is -2.40. The number of hydrogen-bond acceptors (Lipinski definition) is 9. The molecular formula is C34H34N2O7S. The van der Waals surface area contributed by atoms with Crippen LogP contribution in [0.5, 0.6) is 23.0 Å². The number of esters is 1. The van der Waals surface area contributed by atoms with Crippen LogP contribution in [0, 0.1) is 0 Å². The third kappa shape index (κ3) is 6.26. The molecule has 9 nitrogen and oxygen atoms in total. The summed E-state index contributed by atoms with van der Waals surface area (Å²) in [6, 6.07) is 19.9. The molecule has 1 unspecified atom stereocenters. The van der Waals surface area contributed by atoms with Gasteiger partial charge in [0.15, 0.2) is 16.3 Å². The van der Waals surface area contributed by atoms with Crippen molar-refractivity contribution in [3.8, 4) is 23.0 Å². The molecule has 228 valence electrons. The second kappa shape index (κ2) is 13.6. The Morgan fingerprint density at radius 1 is 0.932 bits per heavy atom. The minimum Gasteiger partial charge on any atom is -0.497 e. The molecule has 10 heteroatoms. The van der Waals surface area contributed by atoms with Gasteiger partial charge < -0.3 is 23.7 Å². The highest BCUT2D eigenvalue weighted by Gasteiger charge is 2.35. The fourth-order valence-electron chi connectivity index (χ4n) is 5.02. The van der Waals surface area contributed by atoms with Gasteiger partial charge in [0.2, 0.25) is 0 Å². The van der Waals surface area contributed by atoms with E-state index in [1.54, 1.807) is 45.2 Å². The fraction of sp³-hybridized carbons (Fsp3) is 0.265. The minimum atomic E-state index is -0.818. The summed E-state index contributed by atoms with van der Waals surface area (Å²) < 4.78 is 30.4. The maximum atomic E-state index is 14.1. The van der Waals surface area contributed by atoms with Crippen molar-refractivity contribution in [1.82, 2.24) is 4.57 Å². The lowest BCUT2D eigenvalue weighted by molar-refractivity contribution is -0.139. The Labute approximate surface area is 259 Å². The van der Waals surface area contributed by atoms with Crippen LogP contribution in [0.15, 0.2) is 87.8 Å². The van der Waals surface area contributed by atoms with Crippen LogP contribution in [0.3, 0.4) is 0 Å². The molecule has 4 aromatic rings. The van der Waals surface area contributed by atoms with Crippen LogP contribution in [0.2, 0.25) is 0 Å². The molecule has 1 aliphatic rings. The largest absolute Gasteiger partial charge is 0.497 e. The standard InChI is InChI=1S/C34H34N2O7S/c1-6-41-28-17-23(13-16-26(28)43-20-22-11-9-8-10-12-22)18-29-32(37)36-31(25-15-14-24(39-4)19-27(25)40-5)30(33(38)42-7-2)21(3)35-34(36)44-29/h8-19,31H,6-7,20H2,1-5H3. The normalized spacial score (nSPS) is 14.5. The Morgan fingerprint density at radius 2 is 1.73 bits per heavy atom. The lowest BCUT2D eigenvalue weighted by Gasteiger charge is -2.26. The molecule has 0 saturated heterocycles. The van der Waals surface area contributed by atoms with E-state index >= 15 is 0 Å². The SMILES string of the molecule is CCOC(=O)C1=C(C)N=c2sc(=Cc3ccc(OCc4ccccc4)c(OCC)c3)c(=O)n2C1c1ccc(OC)cc1OC. The number of nitrogens with zero attached hydrogens (tertiary/aromatic N) is 2. The first-order valence-corrected chi connectivity index (χ1v) is 15.0. The van der Waals surface area contributed by atoms with Crippen LogP contribution in [0.1, 0.15) is 43.5 Å². The van der Waals surface area contributed by atoms with Crippen molar-refractivity contribution < 1.29 is 28.5 Å². The van der Waals surface area contributed by atoms with Gasteiger partial charge >= 0.3 is 5.97 Å². The summed E-state index contributed by atoms with van der Waals surface area (Å²) in [5.74, 6) is 1.69. The summed E-state index contributed by atoms with van der Waals surface area (Å²) in [5, 5.41) is 0. The van der Waals surface area contributed by atoms with E-state index in [1.165, 1.54) is 23.0 Å². The number of carbonyl (C=O) groups excluding carboxylic acids is 1. The molecule has 3 aromatic carbocycles. The number of ether oxygens (including phenoxy) is 5. The number of hydrogen-bond donors (Lipinski definition) is 0. The van der Waals surface area contributed by atoms with Gasteiger partial charge in [-0.15, -0.1) is 0 Å². The van der Waals surface area contributed by atoms with Crippen molar-refractivity contribution in [2.75, 3.05) is 27.4 Å². The molecule has 1 atom stereocenters. The monoisotopic (exact) mass is 614 g/mol. The Morgan fingerprint density at radius 3 is 2.43 bits per heavy atom. The van der Waals surface area contributed by atoms with Crippen LogP contribution in [-0.4, -0.2) is 38.0 Å². The van der Waals surface area contributed by atoms with E-state index < -0.39 is 12.0 Å². The summed E-state index contributed by atoms with van der Waals surface area (Å²) in [5.41, 5.74) is 2.85. The molecule has 0 N–H and O–H groups in total. The maximum absolute atomic E-state index is 14.1. The molecule has 0 bridgehead atoms. The van der Waals surface area contributed by atoms with Crippen LogP contribution >= 0.6 is 11.3 Å². The van der Waals surface area contributed by atoms with Crippen LogP contribution < -0.4 is 33.8 Å². The number of aromatic nitrogens is 1. The second-order valence-electron chi connectivity index (χ2n) is 9.82. The van der Waals surface area contributed by atoms with E-state index in [9.17, 15) is 9.59 Å². The molecule has 1 aliphatic heterocycles. The smallest absolute Gasteiger partial charge is 0.338 e. The summed E-state index contributed by atoms with van der Waals surface area (Å²) in [4.78, 5) is 32.5.